The molecule has 2 heteroatoms. The molecule has 2 aliphatic rings. The van der Waals surface area contributed by atoms with Crippen LogP contribution in [0.5, 0.6) is 0 Å². The molecule has 0 amide bonds. The van der Waals surface area contributed by atoms with Crippen LogP contribution in [-0.4, -0.2) is 12.1 Å². The van der Waals surface area contributed by atoms with E-state index in [0.717, 1.165) is 22.9 Å². The summed E-state index contributed by atoms with van der Waals surface area (Å²) >= 11 is 6.07. The maximum Gasteiger partial charge on any atom is 0.0408 e. The van der Waals surface area contributed by atoms with Crippen LogP contribution in [0.2, 0.25) is 5.02 Å². The molecule has 1 nitrogen and oxygen atoms in total. The SMILES string of the molecule is CC(Cc1cccc(Cl)c1)NC1CCC2(CCCC2)CC1. The number of nitrogens with one attached hydrogen (secondary N) is 1. The number of rotatable bonds is 4. The van der Waals surface area contributed by atoms with E-state index in [1.165, 1.54) is 56.9 Å². The summed E-state index contributed by atoms with van der Waals surface area (Å²) in [6.07, 6.45) is 12.7. The van der Waals surface area contributed by atoms with Gasteiger partial charge in [0.05, 0.1) is 0 Å². The van der Waals surface area contributed by atoms with Crippen LogP contribution in [0.15, 0.2) is 24.3 Å². The van der Waals surface area contributed by atoms with Crippen molar-refractivity contribution in [1.29, 1.82) is 0 Å². The monoisotopic (exact) mass is 305 g/mol. The summed E-state index contributed by atoms with van der Waals surface area (Å²) in [7, 11) is 0. The Morgan fingerprint density at radius 2 is 1.90 bits per heavy atom. The van der Waals surface area contributed by atoms with Crippen molar-refractivity contribution in [2.75, 3.05) is 0 Å². The van der Waals surface area contributed by atoms with Gasteiger partial charge in [0.1, 0.15) is 0 Å². The number of hydrogen-bond acceptors (Lipinski definition) is 1. The summed E-state index contributed by atoms with van der Waals surface area (Å²) in [6.45, 7) is 2.31. The average molecular weight is 306 g/mol. The van der Waals surface area contributed by atoms with E-state index in [1.54, 1.807) is 0 Å². The minimum absolute atomic E-state index is 0.533. The second-order valence-corrected chi connectivity index (χ2v) is 7.82. The second kappa shape index (κ2) is 6.71. The molecule has 1 N–H and O–H groups in total. The van der Waals surface area contributed by atoms with Crippen LogP contribution in [0.4, 0.5) is 0 Å². The Hall–Kier alpha value is -0.530. The van der Waals surface area contributed by atoms with Crippen LogP contribution in [0.25, 0.3) is 0 Å². The minimum Gasteiger partial charge on any atom is -0.311 e. The highest BCUT2D eigenvalue weighted by Gasteiger charge is 2.37. The summed E-state index contributed by atoms with van der Waals surface area (Å²) < 4.78 is 0. The van der Waals surface area contributed by atoms with E-state index in [4.69, 9.17) is 11.6 Å². The normalized spacial score (nSPS) is 23.5. The average Bonchev–Trinajstić information content (AvgIpc) is 2.90. The van der Waals surface area contributed by atoms with Crippen molar-refractivity contribution in [3.63, 3.8) is 0 Å². The Balaban J connectivity index is 1.46. The molecule has 0 radical (unpaired) electrons. The standard InChI is InChI=1S/C19H28ClN/c1-15(13-16-5-4-6-17(20)14-16)21-18-7-11-19(12-8-18)9-2-3-10-19/h4-6,14-15,18,21H,2-3,7-13H2,1H3. The van der Waals surface area contributed by atoms with Crippen LogP contribution in [0, 0.1) is 5.41 Å². The Kier molecular flexibility index (Phi) is 4.91. The van der Waals surface area contributed by atoms with Gasteiger partial charge in [-0.1, -0.05) is 36.6 Å². The third-order valence-corrected chi connectivity index (χ3v) is 5.90. The highest BCUT2D eigenvalue weighted by Crippen LogP contribution is 2.48. The fraction of sp³-hybridized carbons (Fsp3) is 0.684. The van der Waals surface area contributed by atoms with E-state index >= 15 is 0 Å². The van der Waals surface area contributed by atoms with Gasteiger partial charge in [0.15, 0.2) is 0 Å². The molecule has 0 heterocycles. The molecular weight excluding hydrogens is 278 g/mol. The molecule has 0 saturated heterocycles. The lowest BCUT2D eigenvalue weighted by molar-refractivity contribution is 0.163. The van der Waals surface area contributed by atoms with Gasteiger partial charge < -0.3 is 5.32 Å². The first-order valence-electron chi connectivity index (χ1n) is 8.66. The maximum atomic E-state index is 6.07. The van der Waals surface area contributed by atoms with E-state index < -0.39 is 0 Å². The molecular formula is C19H28ClN. The van der Waals surface area contributed by atoms with Crippen LogP contribution in [0.1, 0.15) is 63.9 Å². The largest absolute Gasteiger partial charge is 0.311 e. The molecule has 3 rings (SSSR count). The van der Waals surface area contributed by atoms with Crippen LogP contribution < -0.4 is 5.32 Å². The van der Waals surface area contributed by atoms with Crippen LogP contribution >= 0.6 is 11.6 Å². The molecule has 1 unspecified atom stereocenters. The second-order valence-electron chi connectivity index (χ2n) is 7.38. The predicted molar refractivity (Wildman–Crippen MR) is 90.9 cm³/mol. The molecule has 116 valence electrons. The van der Waals surface area contributed by atoms with Crippen molar-refractivity contribution in [1.82, 2.24) is 5.32 Å². The van der Waals surface area contributed by atoms with Gasteiger partial charge >= 0.3 is 0 Å². The number of hydrogen-bond donors (Lipinski definition) is 1. The van der Waals surface area contributed by atoms with Gasteiger partial charge in [-0.15, -0.1) is 0 Å². The third kappa shape index (κ3) is 4.02. The molecule has 0 aliphatic heterocycles. The van der Waals surface area contributed by atoms with Crippen LogP contribution in [0.3, 0.4) is 0 Å². The Morgan fingerprint density at radius 1 is 1.19 bits per heavy atom. The zero-order chi connectivity index (χ0) is 14.7. The smallest absolute Gasteiger partial charge is 0.0408 e. The van der Waals surface area contributed by atoms with Crippen molar-refractivity contribution in [2.45, 2.75) is 76.8 Å². The molecule has 1 atom stereocenters. The van der Waals surface area contributed by atoms with Gasteiger partial charge in [-0.05, 0) is 75.0 Å². The molecule has 1 spiro atoms. The fourth-order valence-electron chi connectivity index (χ4n) is 4.50. The fourth-order valence-corrected chi connectivity index (χ4v) is 4.71. The number of halogens is 1. The van der Waals surface area contributed by atoms with Crippen molar-refractivity contribution in [2.24, 2.45) is 5.41 Å². The van der Waals surface area contributed by atoms with Gasteiger partial charge in [-0.25, -0.2) is 0 Å². The molecule has 1 aromatic carbocycles. The Labute approximate surface area is 134 Å². The van der Waals surface area contributed by atoms with Gasteiger partial charge in [-0.2, -0.15) is 0 Å². The summed E-state index contributed by atoms with van der Waals surface area (Å²) in [5.41, 5.74) is 2.08. The Morgan fingerprint density at radius 3 is 2.57 bits per heavy atom. The first-order chi connectivity index (χ1) is 10.2. The van der Waals surface area contributed by atoms with Crippen molar-refractivity contribution < 1.29 is 0 Å². The van der Waals surface area contributed by atoms with E-state index in [-0.39, 0.29) is 0 Å². The van der Waals surface area contributed by atoms with Gasteiger partial charge in [-0.3, -0.25) is 0 Å². The quantitative estimate of drug-likeness (QED) is 0.789. The van der Waals surface area contributed by atoms with Crippen molar-refractivity contribution in [3.05, 3.63) is 34.9 Å². The summed E-state index contributed by atoms with van der Waals surface area (Å²) in [5, 5.41) is 4.70. The van der Waals surface area contributed by atoms with Gasteiger partial charge in [0.2, 0.25) is 0 Å². The lowest BCUT2D eigenvalue weighted by atomic mass is 9.71. The van der Waals surface area contributed by atoms with Crippen molar-refractivity contribution >= 4 is 11.6 Å². The summed E-state index contributed by atoms with van der Waals surface area (Å²) in [5.74, 6) is 0. The van der Waals surface area contributed by atoms with Gasteiger partial charge in [0.25, 0.3) is 0 Å². The minimum atomic E-state index is 0.533. The molecule has 0 bridgehead atoms. The van der Waals surface area contributed by atoms with Gasteiger partial charge in [0, 0.05) is 17.1 Å². The molecule has 2 saturated carbocycles. The predicted octanol–water partition coefficient (Wildman–Crippen LogP) is 5.36. The number of benzene rings is 1. The topological polar surface area (TPSA) is 12.0 Å². The van der Waals surface area contributed by atoms with E-state index in [9.17, 15) is 0 Å². The van der Waals surface area contributed by atoms with Crippen LogP contribution in [-0.2, 0) is 6.42 Å². The Bertz CT molecular complexity index is 454. The van der Waals surface area contributed by atoms with E-state index in [2.05, 4.69) is 30.4 Å². The summed E-state index contributed by atoms with van der Waals surface area (Å²) in [6, 6.07) is 9.53. The molecule has 21 heavy (non-hydrogen) atoms. The highest BCUT2D eigenvalue weighted by atomic mass is 35.5. The van der Waals surface area contributed by atoms with Crippen molar-refractivity contribution in [3.8, 4) is 0 Å². The molecule has 0 aromatic heterocycles. The summed E-state index contributed by atoms with van der Waals surface area (Å²) in [4.78, 5) is 0. The molecule has 2 aliphatic carbocycles. The maximum absolute atomic E-state index is 6.07. The highest BCUT2D eigenvalue weighted by molar-refractivity contribution is 6.30. The molecule has 2 fully saturated rings. The third-order valence-electron chi connectivity index (χ3n) is 5.66. The lowest BCUT2D eigenvalue weighted by Crippen LogP contribution is -2.42. The van der Waals surface area contributed by atoms with E-state index in [0.29, 0.717) is 6.04 Å². The zero-order valence-electron chi connectivity index (χ0n) is 13.2. The first kappa shape index (κ1) is 15.4. The van der Waals surface area contributed by atoms with E-state index in [1.807, 2.05) is 6.07 Å². The lowest BCUT2D eigenvalue weighted by Gasteiger charge is -2.38. The zero-order valence-corrected chi connectivity index (χ0v) is 14.0. The molecule has 1 aromatic rings. The first-order valence-corrected chi connectivity index (χ1v) is 9.04.